The Morgan fingerprint density at radius 1 is 1.22 bits per heavy atom. The van der Waals surface area contributed by atoms with E-state index in [9.17, 15) is 13.2 Å². The Bertz CT molecular complexity index is 1260. The molecule has 0 saturated heterocycles. The number of sulfonamides is 1. The number of ether oxygens (including phenoxy) is 1. The molecule has 3 heterocycles. The lowest BCUT2D eigenvalue weighted by molar-refractivity contribution is 0.120. The smallest absolute Gasteiger partial charge is 0.413 e. The van der Waals surface area contributed by atoms with Gasteiger partial charge in [-0.15, -0.1) is 5.10 Å². The first-order chi connectivity index (χ1) is 15.0. The van der Waals surface area contributed by atoms with E-state index in [1.54, 1.807) is 45.3 Å². The van der Waals surface area contributed by atoms with Crippen LogP contribution in [0.15, 0.2) is 30.5 Å². The average Bonchev–Trinajstić information content (AvgIpc) is 3.07. The summed E-state index contributed by atoms with van der Waals surface area (Å²) in [6.07, 6.45) is 1.59. The van der Waals surface area contributed by atoms with E-state index in [-0.39, 0.29) is 0 Å². The Kier molecular flexibility index (Phi) is 6.44. The van der Waals surface area contributed by atoms with E-state index < -0.39 is 22.2 Å². The van der Waals surface area contributed by atoms with Crippen molar-refractivity contribution in [2.45, 2.75) is 26.9 Å². The van der Waals surface area contributed by atoms with Crippen LogP contribution in [0.3, 0.4) is 0 Å². The molecule has 0 saturated carbocycles. The Morgan fingerprint density at radius 3 is 2.56 bits per heavy atom. The highest BCUT2D eigenvalue weighted by Crippen LogP contribution is 2.28. The molecule has 32 heavy (non-hydrogen) atoms. The Balaban J connectivity index is 1.83. The fourth-order valence-corrected chi connectivity index (χ4v) is 3.69. The van der Waals surface area contributed by atoms with Crippen molar-refractivity contribution in [1.82, 2.24) is 25.0 Å². The minimum atomic E-state index is -3.43. The molecule has 0 radical (unpaired) electrons. The first-order valence-electron chi connectivity index (χ1n) is 9.69. The van der Waals surface area contributed by atoms with Gasteiger partial charge in [-0.1, -0.05) is 11.3 Å². The second-order valence-corrected chi connectivity index (χ2v) is 9.31. The maximum Gasteiger partial charge on any atom is 0.413 e. The second-order valence-electron chi connectivity index (χ2n) is 7.29. The van der Waals surface area contributed by atoms with E-state index >= 15 is 0 Å². The molecular weight excluding hydrogens is 434 g/mol. The third kappa shape index (κ3) is 4.85. The lowest BCUT2D eigenvalue weighted by Crippen LogP contribution is -2.25. The zero-order valence-electron chi connectivity index (χ0n) is 18.7. The van der Waals surface area contributed by atoms with E-state index in [1.807, 2.05) is 13.0 Å². The fourth-order valence-electron chi connectivity index (χ4n) is 3.14. The maximum absolute atomic E-state index is 12.5. The summed E-state index contributed by atoms with van der Waals surface area (Å²) in [4.78, 5) is 21.2. The SMILES string of the molecule is Cc1ncccc1C(C)OC(=O)Nc1c(-c2ccc(N(C)S(C)(=O)=O)c(C)n2)nnn1C. The zero-order valence-corrected chi connectivity index (χ0v) is 19.5. The Labute approximate surface area is 186 Å². The van der Waals surface area contributed by atoms with Crippen LogP contribution >= 0.6 is 0 Å². The summed E-state index contributed by atoms with van der Waals surface area (Å²) in [6, 6.07) is 6.87. The molecule has 0 aliphatic carbocycles. The quantitative estimate of drug-likeness (QED) is 0.595. The number of hydrogen-bond donors (Lipinski definition) is 1. The maximum atomic E-state index is 12.5. The van der Waals surface area contributed by atoms with Crippen molar-refractivity contribution in [1.29, 1.82) is 0 Å². The summed E-state index contributed by atoms with van der Waals surface area (Å²) in [5, 5.41) is 10.7. The second kappa shape index (κ2) is 8.91. The lowest BCUT2D eigenvalue weighted by atomic mass is 10.1. The molecule has 3 aromatic rings. The summed E-state index contributed by atoms with van der Waals surface area (Å²) >= 11 is 0. The first-order valence-corrected chi connectivity index (χ1v) is 11.5. The van der Waals surface area contributed by atoms with Gasteiger partial charge in [0.2, 0.25) is 10.0 Å². The van der Waals surface area contributed by atoms with Crippen molar-refractivity contribution in [2.75, 3.05) is 22.9 Å². The number of aromatic nitrogens is 5. The predicted molar refractivity (Wildman–Crippen MR) is 120 cm³/mol. The molecule has 0 bridgehead atoms. The van der Waals surface area contributed by atoms with Gasteiger partial charge in [0.1, 0.15) is 6.10 Å². The molecular formula is C20H25N7O4S. The van der Waals surface area contributed by atoms with Gasteiger partial charge in [-0.25, -0.2) is 22.9 Å². The summed E-state index contributed by atoms with van der Waals surface area (Å²) in [7, 11) is -0.352. The van der Waals surface area contributed by atoms with Gasteiger partial charge in [0, 0.05) is 31.5 Å². The van der Waals surface area contributed by atoms with Crippen LogP contribution in [0.2, 0.25) is 0 Å². The minimum absolute atomic E-state index is 0.293. The standard InChI is InChI=1S/C20H25N7O4S/c1-12-15(8-7-11-21-12)14(3)31-20(28)23-19-18(24-25-26(19)4)16-9-10-17(13(2)22-16)27(5)32(6,29)30/h7-11,14H,1-6H3,(H,23,28). The van der Waals surface area contributed by atoms with Crippen molar-refractivity contribution >= 4 is 27.6 Å². The van der Waals surface area contributed by atoms with Gasteiger partial charge < -0.3 is 4.74 Å². The van der Waals surface area contributed by atoms with Gasteiger partial charge in [0.05, 0.1) is 23.3 Å². The van der Waals surface area contributed by atoms with Gasteiger partial charge in [-0.05, 0) is 39.0 Å². The molecule has 1 amide bonds. The Hall–Kier alpha value is -3.54. The highest BCUT2D eigenvalue weighted by atomic mass is 32.2. The van der Waals surface area contributed by atoms with Crippen molar-refractivity contribution < 1.29 is 17.9 Å². The van der Waals surface area contributed by atoms with Gasteiger partial charge in [-0.2, -0.15) is 0 Å². The topological polar surface area (TPSA) is 132 Å². The predicted octanol–water partition coefficient (Wildman–Crippen LogP) is 2.59. The monoisotopic (exact) mass is 459 g/mol. The number of nitrogens with zero attached hydrogens (tertiary/aromatic N) is 6. The molecule has 3 rings (SSSR count). The molecule has 1 N–H and O–H groups in total. The highest BCUT2D eigenvalue weighted by Gasteiger charge is 2.22. The molecule has 0 aromatic carbocycles. The van der Waals surface area contributed by atoms with Crippen LogP contribution in [-0.4, -0.2) is 52.8 Å². The number of amides is 1. The normalized spacial score (nSPS) is 12.3. The van der Waals surface area contributed by atoms with Crippen molar-refractivity contribution in [3.63, 3.8) is 0 Å². The molecule has 12 heteroatoms. The number of hydrogen-bond acceptors (Lipinski definition) is 8. The summed E-state index contributed by atoms with van der Waals surface area (Å²) in [6.45, 7) is 5.29. The lowest BCUT2D eigenvalue weighted by Gasteiger charge is -2.18. The van der Waals surface area contributed by atoms with Crippen LogP contribution in [0.5, 0.6) is 0 Å². The Morgan fingerprint density at radius 2 is 1.94 bits per heavy atom. The molecule has 0 fully saturated rings. The van der Waals surface area contributed by atoms with Gasteiger partial charge in [0.25, 0.3) is 0 Å². The molecule has 170 valence electrons. The van der Waals surface area contributed by atoms with E-state index in [0.717, 1.165) is 21.8 Å². The molecule has 0 aliphatic heterocycles. The van der Waals surface area contributed by atoms with Crippen LogP contribution in [0.25, 0.3) is 11.4 Å². The van der Waals surface area contributed by atoms with Crippen molar-refractivity contribution in [2.24, 2.45) is 7.05 Å². The molecule has 11 nitrogen and oxygen atoms in total. The van der Waals surface area contributed by atoms with E-state index in [0.29, 0.717) is 28.6 Å². The van der Waals surface area contributed by atoms with E-state index in [2.05, 4.69) is 25.6 Å². The van der Waals surface area contributed by atoms with Crippen LogP contribution in [0.4, 0.5) is 16.3 Å². The summed E-state index contributed by atoms with van der Waals surface area (Å²) in [5.74, 6) is 0.293. The number of nitrogens with one attached hydrogen (secondary N) is 1. The fraction of sp³-hybridized carbons (Fsp3) is 0.350. The van der Waals surface area contributed by atoms with E-state index in [1.165, 1.54) is 11.7 Å². The number of carbonyl (C=O) groups excluding carboxylic acids is 1. The number of carbonyl (C=O) groups is 1. The van der Waals surface area contributed by atoms with Gasteiger partial charge in [-0.3, -0.25) is 14.6 Å². The minimum Gasteiger partial charge on any atom is -0.441 e. The van der Waals surface area contributed by atoms with Crippen LogP contribution in [0, 0.1) is 13.8 Å². The van der Waals surface area contributed by atoms with Gasteiger partial charge in [0.15, 0.2) is 11.5 Å². The number of pyridine rings is 2. The van der Waals surface area contributed by atoms with Crippen molar-refractivity contribution in [3.8, 4) is 11.4 Å². The molecule has 0 aliphatic rings. The van der Waals surface area contributed by atoms with E-state index in [4.69, 9.17) is 4.74 Å². The highest BCUT2D eigenvalue weighted by molar-refractivity contribution is 7.92. The largest absolute Gasteiger partial charge is 0.441 e. The third-order valence-corrected chi connectivity index (χ3v) is 6.15. The van der Waals surface area contributed by atoms with Gasteiger partial charge >= 0.3 is 6.09 Å². The molecule has 1 unspecified atom stereocenters. The van der Waals surface area contributed by atoms with Crippen LogP contribution in [-0.2, 0) is 21.8 Å². The zero-order chi connectivity index (χ0) is 23.6. The third-order valence-electron chi connectivity index (χ3n) is 4.95. The van der Waals surface area contributed by atoms with Crippen LogP contribution in [0.1, 0.15) is 30.0 Å². The number of rotatable bonds is 6. The number of aryl methyl sites for hydroxylation is 3. The first kappa shape index (κ1) is 23.1. The summed E-state index contributed by atoms with van der Waals surface area (Å²) in [5.41, 5.74) is 3.24. The summed E-state index contributed by atoms with van der Waals surface area (Å²) < 4.78 is 31.7. The molecule has 3 aromatic heterocycles. The average molecular weight is 460 g/mol. The van der Waals surface area contributed by atoms with Crippen molar-refractivity contribution in [3.05, 3.63) is 47.4 Å². The number of anilines is 2. The molecule has 1 atom stereocenters. The van der Waals surface area contributed by atoms with Crippen LogP contribution < -0.4 is 9.62 Å². The molecule has 0 spiro atoms.